The van der Waals surface area contributed by atoms with Gasteiger partial charge in [-0.15, -0.1) is 12.4 Å². The van der Waals surface area contributed by atoms with Gasteiger partial charge >= 0.3 is 5.97 Å². The first kappa shape index (κ1) is 16.7. The molecule has 1 aromatic heterocycles. The minimum absolute atomic E-state index is 0. The molecule has 3 aliphatic heterocycles. The Labute approximate surface area is 144 Å². The van der Waals surface area contributed by atoms with Gasteiger partial charge in [-0.05, 0) is 50.0 Å². The fraction of sp³-hybridized carbons (Fsp3) is 0.438. The highest BCUT2D eigenvalue weighted by molar-refractivity contribution is 6.06. The zero-order chi connectivity index (χ0) is 16.0. The number of aromatic nitrogens is 2. The number of carbonyl (C=O) groups excluding carboxylic acids is 1. The van der Waals surface area contributed by atoms with Crippen LogP contribution in [0.2, 0.25) is 0 Å². The van der Waals surface area contributed by atoms with Crippen LogP contribution < -0.4 is 5.32 Å². The van der Waals surface area contributed by atoms with Crippen LogP contribution in [0.1, 0.15) is 33.7 Å². The molecule has 128 valence electrons. The van der Waals surface area contributed by atoms with Gasteiger partial charge in [0.2, 0.25) is 0 Å². The molecule has 1 atom stereocenters. The van der Waals surface area contributed by atoms with E-state index in [1.54, 1.807) is 6.07 Å². The molecule has 24 heavy (non-hydrogen) atoms. The molecule has 0 spiro atoms. The van der Waals surface area contributed by atoms with Crippen molar-refractivity contribution in [3.05, 3.63) is 29.5 Å². The van der Waals surface area contributed by atoms with Gasteiger partial charge in [-0.25, -0.2) is 4.79 Å². The molecule has 2 aromatic rings. The van der Waals surface area contributed by atoms with Crippen molar-refractivity contribution in [3.63, 3.8) is 0 Å². The Balaban J connectivity index is 0.00000169. The maximum absolute atomic E-state index is 12.6. The summed E-state index contributed by atoms with van der Waals surface area (Å²) >= 11 is 0. The minimum Gasteiger partial charge on any atom is -0.478 e. The third-order valence-corrected chi connectivity index (χ3v) is 5.00. The molecule has 0 saturated carbocycles. The fourth-order valence-corrected chi connectivity index (χ4v) is 3.69. The molecular weight excluding hydrogens is 332 g/mol. The summed E-state index contributed by atoms with van der Waals surface area (Å²) in [4.78, 5) is 25.9. The molecule has 7 nitrogen and oxygen atoms in total. The Hall–Kier alpha value is -2.12. The Morgan fingerprint density at radius 1 is 1.29 bits per heavy atom. The van der Waals surface area contributed by atoms with Crippen LogP contribution in [-0.2, 0) is 0 Å². The van der Waals surface area contributed by atoms with Gasteiger partial charge < -0.3 is 15.3 Å². The van der Waals surface area contributed by atoms with Crippen molar-refractivity contribution in [2.45, 2.75) is 18.9 Å². The molecule has 4 heterocycles. The van der Waals surface area contributed by atoms with E-state index in [0.29, 0.717) is 22.5 Å². The molecule has 3 saturated heterocycles. The zero-order valence-corrected chi connectivity index (χ0v) is 13.8. The lowest BCUT2D eigenvalue weighted by atomic mass is 9.84. The number of hydrogen-bond acceptors (Lipinski definition) is 4. The summed E-state index contributed by atoms with van der Waals surface area (Å²) in [6.45, 7) is 3.16. The Bertz CT molecular complexity index is 783. The van der Waals surface area contributed by atoms with Gasteiger partial charge in [0.1, 0.15) is 0 Å². The van der Waals surface area contributed by atoms with E-state index in [9.17, 15) is 9.59 Å². The van der Waals surface area contributed by atoms with Crippen LogP contribution in [0.15, 0.2) is 18.2 Å². The van der Waals surface area contributed by atoms with Crippen LogP contribution >= 0.6 is 12.4 Å². The number of fused-ring (bicyclic) bond motifs is 4. The fourth-order valence-electron chi connectivity index (χ4n) is 3.69. The van der Waals surface area contributed by atoms with Gasteiger partial charge in [0.15, 0.2) is 5.69 Å². The average Bonchev–Trinajstić information content (AvgIpc) is 2.99. The monoisotopic (exact) mass is 350 g/mol. The second kappa shape index (κ2) is 6.41. The Kier molecular flexibility index (Phi) is 4.47. The van der Waals surface area contributed by atoms with Crippen molar-refractivity contribution in [1.82, 2.24) is 20.4 Å². The highest BCUT2D eigenvalue weighted by Crippen LogP contribution is 2.28. The number of nitrogens with one attached hydrogen (secondary N) is 2. The molecule has 3 fully saturated rings. The lowest BCUT2D eigenvalue weighted by molar-refractivity contribution is 0.0618. The first-order valence-electron chi connectivity index (χ1n) is 7.86. The Morgan fingerprint density at radius 2 is 2.04 bits per heavy atom. The first-order valence-corrected chi connectivity index (χ1v) is 7.86. The first-order chi connectivity index (χ1) is 11.1. The lowest BCUT2D eigenvalue weighted by Crippen LogP contribution is -2.57. The van der Waals surface area contributed by atoms with Crippen molar-refractivity contribution < 1.29 is 14.7 Å². The molecule has 2 bridgehead atoms. The van der Waals surface area contributed by atoms with Gasteiger partial charge in [-0.3, -0.25) is 9.89 Å². The summed E-state index contributed by atoms with van der Waals surface area (Å²) in [6, 6.07) is 4.80. The summed E-state index contributed by atoms with van der Waals surface area (Å²) in [5, 5.41) is 19.6. The van der Waals surface area contributed by atoms with Crippen molar-refractivity contribution in [2.24, 2.45) is 5.92 Å². The predicted octanol–water partition coefficient (Wildman–Crippen LogP) is 1.51. The summed E-state index contributed by atoms with van der Waals surface area (Å²) in [6.07, 6.45) is 2.27. The molecule has 1 aromatic carbocycles. The summed E-state index contributed by atoms with van der Waals surface area (Å²) in [5.74, 6) is -0.648. The van der Waals surface area contributed by atoms with Gasteiger partial charge in [0.25, 0.3) is 5.91 Å². The average molecular weight is 351 g/mol. The van der Waals surface area contributed by atoms with Crippen molar-refractivity contribution in [2.75, 3.05) is 19.6 Å². The smallest absolute Gasteiger partial charge is 0.335 e. The van der Waals surface area contributed by atoms with Crippen LogP contribution in [0.5, 0.6) is 0 Å². The standard InChI is InChI=1S/C16H18N4O3.ClH/c21-15(17-13-8-20-5-3-9(13)4-6-20)14-11-2-1-10(16(22)23)7-12(11)18-19-14;/h1-2,7,9,13H,3-6,8H2,(H,17,21)(H,18,19)(H,22,23);1H/t13-;/m1./s1. The number of halogens is 1. The molecule has 0 aliphatic carbocycles. The van der Waals surface area contributed by atoms with Crippen molar-refractivity contribution >= 4 is 35.2 Å². The molecule has 3 aliphatic rings. The normalized spacial score (nSPS) is 25.2. The molecule has 0 unspecified atom stereocenters. The largest absolute Gasteiger partial charge is 0.478 e. The molecule has 3 N–H and O–H groups in total. The number of carbonyl (C=O) groups is 2. The maximum Gasteiger partial charge on any atom is 0.335 e. The van der Waals surface area contributed by atoms with Crippen LogP contribution in [0, 0.1) is 5.92 Å². The van der Waals surface area contributed by atoms with Crippen LogP contribution in [0.4, 0.5) is 0 Å². The summed E-state index contributed by atoms with van der Waals surface area (Å²) in [7, 11) is 0. The Morgan fingerprint density at radius 3 is 2.67 bits per heavy atom. The second-order valence-corrected chi connectivity index (χ2v) is 6.36. The molecule has 8 heteroatoms. The predicted molar refractivity (Wildman–Crippen MR) is 90.7 cm³/mol. The maximum atomic E-state index is 12.6. The SMILES string of the molecule is Cl.O=C(O)c1ccc2c(C(=O)N[C@@H]3CN4CCC3CC4)n[nH]c2c1. The van der Waals surface area contributed by atoms with E-state index in [1.807, 2.05) is 0 Å². The number of aromatic amines is 1. The van der Waals surface area contributed by atoms with Gasteiger partial charge in [0.05, 0.1) is 11.1 Å². The van der Waals surface area contributed by atoms with Crippen molar-refractivity contribution in [3.8, 4) is 0 Å². The third kappa shape index (κ3) is 2.85. The van der Waals surface area contributed by atoms with E-state index >= 15 is 0 Å². The molecule has 1 amide bonds. The van der Waals surface area contributed by atoms with Gasteiger partial charge in [-0.1, -0.05) is 0 Å². The lowest BCUT2D eigenvalue weighted by Gasteiger charge is -2.44. The van der Waals surface area contributed by atoms with Crippen LogP contribution in [0.25, 0.3) is 10.9 Å². The minimum atomic E-state index is -1.00. The molecular formula is C16H19ClN4O3. The van der Waals surface area contributed by atoms with Crippen LogP contribution in [-0.4, -0.2) is 57.8 Å². The highest BCUT2D eigenvalue weighted by atomic mass is 35.5. The number of benzene rings is 1. The van der Waals surface area contributed by atoms with E-state index in [0.717, 1.165) is 32.5 Å². The van der Waals surface area contributed by atoms with Gasteiger partial charge in [-0.2, -0.15) is 5.10 Å². The second-order valence-electron chi connectivity index (χ2n) is 6.36. The quantitative estimate of drug-likeness (QED) is 0.779. The van der Waals surface area contributed by atoms with Gasteiger partial charge in [0, 0.05) is 18.0 Å². The van der Waals surface area contributed by atoms with Crippen LogP contribution in [0.3, 0.4) is 0 Å². The number of aromatic carboxylic acids is 1. The number of piperidine rings is 3. The number of nitrogens with zero attached hydrogens (tertiary/aromatic N) is 2. The highest BCUT2D eigenvalue weighted by Gasteiger charge is 2.35. The summed E-state index contributed by atoms with van der Waals surface area (Å²) < 4.78 is 0. The van der Waals surface area contributed by atoms with E-state index in [2.05, 4.69) is 20.4 Å². The third-order valence-electron chi connectivity index (χ3n) is 5.00. The number of carboxylic acid groups (broad SMARTS) is 1. The topological polar surface area (TPSA) is 98.3 Å². The van der Waals surface area contributed by atoms with Crippen molar-refractivity contribution in [1.29, 1.82) is 0 Å². The summed E-state index contributed by atoms with van der Waals surface area (Å²) in [5.41, 5.74) is 1.06. The number of carboxylic acids is 1. The number of rotatable bonds is 3. The number of hydrogen-bond donors (Lipinski definition) is 3. The molecule has 5 rings (SSSR count). The van der Waals surface area contributed by atoms with E-state index in [4.69, 9.17) is 5.11 Å². The zero-order valence-electron chi connectivity index (χ0n) is 13.0. The number of amides is 1. The van der Waals surface area contributed by atoms with E-state index in [-0.39, 0.29) is 29.9 Å². The van der Waals surface area contributed by atoms with E-state index < -0.39 is 5.97 Å². The molecule has 0 radical (unpaired) electrons. The van der Waals surface area contributed by atoms with E-state index in [1.165, 1.54) is 12.1 Å². The number of H-pyrrole nitrogens is 1.